The molecule has 0 amide bonds. The van der Waals surface area contributed by atoms with Gasteiger partial charge in [-0.25, -0.2) is 8.42 Å². The minimum atomic E-state index is -3.20. The lowest BCUT2D eigenvalue weighted by atomic mass is 10.1. The van der Waals surface area contributed by atoms with Crippen molar-refractivity contribution in [1.29, 1.82) is 0 Å². The van der Waals surface area contributed by atoms with E-state index in [0.717, 1.165) is 14.8 Å². The van der Waals surface area contributed by atoms with E-state index in [0.29, 0.717) is 9.92 Å². The number of sulfone groups is 1. The number of benzene rings is 2. The van der Waals surface area contributed by atoms with E-state index in [9.17, 15) is 8.42 Å². The van der Waals surface area contributed by atoms with Gasteiger partial charge in [-0.1, -0.05) is 29.8 Å². The minimum Gasteiger partial charge on any atom is -0.376 e. The Morgan fingerprint density at radius 1 is 1.20 bits per heavy atom. The number of hydrogen-bond acceptors (Lipinski definition) is 3. The molecule has 1 aliphatic rings. The van der Waals surface area contributed by atoms with E-state index in [4.69, 9.17) is 11.6 Å². The molecular formula is C14H11ClINO2S. The van der Waals surface area contributed by atoms with Gasteiger partial charge in [-0.3, -0.25) is 0 Å². The normalized spacial score (nSPS) is 19.6. The van der Waals surface area contributed by atoms with Crippen molar-refractivity contribution in [2.24, 2.45) is 0 Å². The van der Waals surface area contributed by atoms with E-state index in [2.05, 4.69) is 27.9 Å². The van der Waals surface area contributed by atoms with Crippen LogP contribution in [-0.4, -0.2) is 14.2 Å². The van der Waals surface area contributed by atoms with Crippen LogP contribution in [0.2, 0.25) is 5.02 Å². The third-order valence-electron chi connectivity index (χ3n) is 3.28. The first kappa shape index (κ1) is 14.2. The van der Waals surface area contributed by atoms with Crippen molar-refractivity contribution in [2.75, 3.05) is 11.1 Å². The van der Waals surface area contributed by atoms with Crippen molar-refractivity contribution in [3.63, 3.8) is 0 Å². The van der Waals surface area contributed by atoms with E-state index in [-0.39, 0.29) is 11.8 Å². The molecule has 3 rings (SSSR count). The predicted octanol–water partition coefficient (Wildman–Crippen LogP) is 3.89. The topological polar surface area (TPSA) is 46.2 Å². The average Bonchev–Trinajstić information content (AvgIpc) is 2.65. The number of rotatable bonds is 2. The van der Waals surface area contributed by atoms with Gasteiger partial charge in [-0.05, 0) is 52.4 Å². The van der Waals surface area contributed by atoms with Crippen LogP contribution in [0.1, 0.15) is 11.6 Å². The van der Waals surface area contributed by atoms with Gasteiger partial charge < -0.3 is 5.32 Å². The molecule has 1 heterocycles. The van der Waals surface area contributed by atoms with Crippen LogP contribution in [0.25, 0.3) is 0 Å². The van der Waals surface area contributed by atoms with Crippen LogP contribution in [0.4, 0.5) is 5.69 Å². The fourth-order valence-corrected chi connectivity index (χ4v) is 5.01. The molecule has 1 unspecified atom stereocenters. The molecule has 0 radical (unpaired) electrons. The summed E-state index contributed by atoms with van der Waals surface area (Å²) in [5.74, 6) is 0.0641. The van der Waals surface area contributed by atoms with Crippen molar-refractivity contribution in [3.05, 3.63) is 56.6 Å². The third-order valence-corrected chi connectivity index (χ3v) is 6.07. The van der Waals surface area contributed by atoms with E-state index in [1.54, 1.807) is 12.1 Å². The first-order chi connectivity index (χ1) is 9.47. The van der Waals surface area contributed by atoms with Crippen LogP contribution in [0.3, 0.4) is 0 Å². The number of nitrogens with one attached hydrogen (secondary N) is 1. The van der Waals surface area contributed by atoms with E-state index < -0.39 is 9.84 Å². The summed E-state index contributed by atoms with van der Waals surface area (Å²) in [5, 5.41) is 3.83. The summed E-state index contributed by atoms with van der Waals surface area (Å²) >= 11 is 8.37. The second-order valence-corrected chi connectivity index (χ2v) is 8.30. The summed E-state index contributed by atoms with van der Waals surface area (Å²) in [6.07, 6.45) is 0. The Labute approximate surface area is 136 Å². The van der Waals surface area contributed by atoms with Gasteiger partial charge in [0.05, 0.1) is 27.4 Å². The highest BCUT2D eigenvalue weighted by molar-refractivity contribution is 14.1. The largest absolute Gasteiger partial charge is 0.376 e. The van der Waals surface area contributed by atoms with Gasteiger partial charge in [0.25, 0.3) is 0 Å². The maximum atomic E-state index is 12.1. The Balaban J connectivity index is 1.97. The Hall–Kier alpha value is -0.790. The number of halogens is 2. The Morgan fingerprint density at radius 2 is 1.95 bits per heavy atom. The fraction of sp³-hybridized carbons (Fsp3) is 0.143. The van der Waals surface area contributed by atoms with Crippen molar-refractivity contribution in [3.8, 4) is 0 Å². The first-order valence-electron chi connectivity index (χ1n) is 6.01. The highest BCUT2D eigenvalue weighted by Crippen LogP contribution is 2.36. The van der Waals surface area contributed by atoms with Crippen molar-refractivity contribution < 1.29 is 8.42 Å². The lowest BCUT2D eigenvalue weighted by molar-refractivity contribution is 0.598. The fourth-order valence-electron chi connectivity index (χ4n) is 2.36. The molecule has 20 heavy (non-hydrogen) atoms. The maximum Gasteiger partial charge on any atom is 0.181 e. The Bertz CT molecular complexity index is 776. The van der Waals surface area contributed by atoms with Gasteiger partial charge in [-0.2, -0.15) is 0 Å². The quantitative estimate of drug-likeness (QED) is 0.751. The van der Waals surface area contributed by atoms with Crippen molar-refractivity contribution in [1.82, 2.24) is 0 Å². The smallest absolute Gasteiger partial charge is 0.181 e. The summed E-state index contributed by atoms with van der Waals surface area (Å²) < 4.78 is 25.3. The van der Waals surface area contributed by atoms with Gasteiger partial charge in [0.2, 0.25) is 0 Å². The van der Waals surface area contributed by atoms with Crippen LogP contribution in [0.5, 0.6) is 0 Å². The lowest BCUT2D eigenvalue weighted by Crippen LogP contribution is -2.13. The molecule has 0 bridgehead atoms. The first-order valence-corrected chi connectivity index (χ1v) is 9.11. The van der Waals surface area contributed by atoms with Crippen LogP contribution < -0.4 is 5.32 Å². The maximum absolute atomic E-state index is 12.1. The highest BCUT2D eigenvalue weighted by Gasteiger charge is 2.34. The Kier molecular flexibility index (Phi) is 3.68. The summed E-state index contributed by atoms with van der Waals surface area (Å²) in [6.45, 7) is 0. The second kappa shape index (κ2) is 5.20. The number of hydrogen-bond donors (Lipinski definition) is 1. The Morgan fingerprint density at radius 3 is 2.70 bits per heavy atom. The molecule has 0 fully saturated rings. The molecule has 2 aromatic carbocycles. The molecule has 6 heteroatoms. The molecule has 2 aromatic rings. The zero-order valence-corrected chi connectivity index (χ0v) is 14.0. The minimum absolute atomic E-state index is 0.0641. The number of fused-ring (bicyclic) bond motifs is 1. The zero-order chi connectivity index (χ0) is 14.3. The van der Waals surface area contributed by atoms with Crippen LogP contribution >= 0.6 is 34.2 Å². The summed E-state index contributed by atoms with van der Waals surface area (Å²) in [4.78, 5) is 0.416. The summed E-state index contributed by atoms with van der Waals surface area (Å²) in [6, 6.07) is 12.5. The molecule has 1 atom stereocenters. The van der Waals surface area contributed by atoms with Gasteiger partial charge in [0.1, 0.15) is 0 Å². The monoisotopic (exact) mass is 419 g/mol. The van der Waals surface area contributed by atoms with Crippen molar-refractivity contribution in [2.45, 2.75) is 10.9 Å². The molecule has 1 N–H and O–H groups in total. The summed E-state index contributed by atoms with van der Waals surface area (Å²) in [5.41, 5.74) is 1.56. The highest BCUT2D eigenvalue weighted by atomic mass is 127. The van der Waals surface area contributed by atoms with Gasteiger partial charge in [0.15, 0.2) is 9.84 Å². The predicted molar refractivity (Wildman–Crippen MR) is 89.0 cm³/mol. The van der Waals surface area contributed by atoms with E-state index >= 15 is 0 Å². The van der Waals surface area contributed by atoms with E-state index in [1.165, 1.54) is 0 Å². The molecule has 0 spiro atoms. The van der Waals surface area contributed by atoms with Gasteiger partial charge in [0, 0.05) is 3.57 Å². The molecule has 1 aliphatic heterocycles. The van der Waals surface area contributed by atoms with Crippen LogP contribution in [-0.2, 0) is 9.84 Å². The molecular weight excluding hydrogens is 409 g/mol. The van der Waals surface area contributed by atoms with Crippen molar-refractivity contribution >= 4 is 49.7 Å². The number of anilines is 1. The van der Waals surface area contributed by atoms with Crippen LogP contribution in [0, 0.1) is 3.57 Å². The van der Waals surface area contributed by atoms with E-state index in [1.807, 2.05) is 30.3 Å². The molecule has 104 valence electrons. The molecule has 3 nitrogen and oxygen atoms in total. The standard InChI is InChI=1S/C14H11ClINO2S/c15-11-7-9(16)5-6-12(11)17-13-8-20(18,19)14-4-2-1-3-10(13)14/h1-7,13,17H,8H2. The van der Waals surface area contributed by atoms with Crippen LogP contribution in [0.15, 0.2) is 47.4 Å². The van der Waals surface area contributed by atoms with Gasteiger partial charge >= 0.3 is 0 Å². The molecule has 0 saturated carbocycles. The zero-order valence-electron chi connectivity index (χ0n) is 10.3. The summed E-state index contributed by atoms with van der Waals surface area (Å²) in [7, 11) is -3.20. The molecule has 0 aliphatic carbocycles. The third kappa shape index (κ3) is 2.54. The second-order valence-electron chi connectivity index (χ2n) is 4.64. The average molecular weight is 420 g/mol. The van der Waals surface area contributed by atoms with Gasteiger partial charge in [-0.15, -0.1) is 0 Å². The molecule has 0 saturated heterocycles. The SMILES string of the molecule is O=S1(=O)CC(Nc2ccc(I)cc2Cl)c2ccccc21. The molecule has 0 aromatic heterocycles. The lowest BCUT2D eigenvalue weighted by Gasteiger charge is -2.15.